The fraction of sp³-hybridized carbons (Fsp3) is 0.364. The van der Waals surface area contributed by atoms with Crippen LogP contribution >= 0.6 is 12.6 Å². The van der Waals surface area contributed by atoms with Gasteiger partial charge in [0.05, 0.1) is 14.2 Å². The molecule has 0 bridgehead atoms. The molecule has 5 nitrogen and oxygen atoms in total. The summed E-state index contributed by atoms with van der Waals surface area (Å²) in [5.41, 5.74) is 0.638. The number of rotatable bonds is 5. The lowest BCUT2D eigenvalue weighted by Crippen LogP contribution is -2.30. The number of hydrogen-bond acceptors (Lipinski definition) is 4. The number of carbonyl (C=O) groups excluding carboxylic acids is 1. The summed E-state index contributed by atoms with van der Waals surface area (Å²) < 4.78 is 10.2. The number of hydrogen-bond donors (Lipinski definition) is 3. The molecule has 0 aliphatic heterocycles. The Hall–Kier alpha value is -1.56. The molecular weight excluding hydrogens is 240 g/mol. The second kappa shape index (κ2) is 6.90. The summed E-state index contributed by atoms with van der Waals surface area (Å²) >= 11 is 4.00. The van der Waals surface area contributed by atoms with Crippen LogP contribution in [0.3, 0.4) is 0 Å². The Morgan fingerprint density at radius 1 is 1.29 bits per heavy atom. The van der Waals surface area contributed by atoms with E-state index in [2.05, 4.69) is 23.3 Å². The molecule has 0 spiro atoms. The molecule has 0 saturated heterocycles. The zero-order valence-electron chi connectivity index (χ0n) is 9.82. The van der Waals surface area contributed by atoms with Crippen LogP contribution in [0.15, 0.2) is 18.2 Å². The van der Waals surface area contributed by atoms with Crippen LogP contribution < -0.4 is 20.1 Å². The van der Waals surface area contributed by atoms with Gasteiger partial charge in [-0.2, -0.15) is 12.6 Å². The standard InChI is InChI=1S/C11H16N2O3S/c1-15-9-4-3-8(7-10(9)16-2)13-11(14)12-5-6-17/h3-4,7,17H,5-6H2,1-2H3,(H2,12,13,14). The second-order valence-corrected chi connectivity index (χ2v) is 3.62. The van der Waals surface area contributed by atoms with Crippen LogP contribution in [0.2, 0.25) is 0 Å². The van der Waals surface area contributed by atoms with Crippen LogP contribution in [0, 0.1) is 0 Å². The van der Waals surface area contributed by atoms with Crippen LogP contribution in [-0.2, 0) is 0 Å². The molecule has 0 aliphatic rings. The molecule has 0 atom stereocenters. The topological polar surface area (TPSA) is 59.6 Å². The van der Waals surface area contributed by atoms with Gasteiger partial charge >= 0.3 is 6.03 Å². The van der Waals surface area contributed by atoms with Gasteiger partial charge in [0.25, 0.3) is 0 Å². The van der Waals surface area contributed by atoms with Crippen molar-refractivity contribution >= 4 is 24.3 Å². The molecule has 1 aromatic carbocycles. The number of ether oxygens (including phenoxy) is 2. The average Bonchev–Trinajstić information content (AvgIpc) is 2.36. The molecule has 0 fully saturated rings. The summed E-state index contributed by atoms with van der Waals surface area (Å²) in [6.45, 7) is 0.516. The van der Waals surface area contributed by atoms with Crippen LogP contribution in [-0.4, -0.2) is 32.5 Å². The molecule has 0 aliphatic carbocycles. The van der Waals surface area contributed by atoms with E-state index in [1.54, 1.807) is 32.4 Å². The van der Waals surface area contributed by atoms with Gasteiger partial charge in [-0.05, 0) is 12.1 Å². The van der Waals surface area contributed by atoms with Crippen LogP contribution in [0.25, 0.3) is 0 Å². The van der Waals surface area contributed by atoms with Crippen molar-refractivity contribution in [2.75, 3.05) is 31.8 Å². The third-order valence-corrected chi connectivity index (χ3v) is 2.26. The average molecular weight is 256 g/mol. The number of thiol groups is 1. The lowest BCUT2D eigenvalue weighted by atomic mass is 10.3. The molecule has 1 aromatic rings. The predicted molar refractivity (Wildman–Crippen MR) is 70.4 cm³/mol. The Balaban J connectivity index is 2.68. The fourth-order valence-electron chi connectivity index (χ4n) is 1.26. The predicted octanol–water partition coefficient (Wildman–Crippen LogP) is 1.76. The molecule has 17 heavy (non-hydrogen) atoms. The molecule has 0 unspecified atom stereocenters. The quantitative estimate of drug-likeness (QED) is 0.703. The van der Waals surface area contributed by atoms with E-state index in [-0.39, 0.29) is 6.03 Å². The maximum absolute atomic E-state index is 11.4. The minimum Gasteiger partial charge on any atom is -0.493 e. The van der Waals surface area contributed by atoms with E-state index >= 15 is 0 Å². The van der Waals surface area contributed by atoms with Gasteiger partial charge in [0.2, 0.25) is 0 Å². The van der Waals surface area contributed by atoms with E-state index in [1.165, 1.54) is 0 Å². The van der Waals surface area contributed by atoms with Crippen molar-refractivity contribution in [3.05, 3.63) is 18.2 Å². The summed E-state index contributed by atoms with van der Waals surface area (Å²) in [5.74, 6) is 1.78. The summed E-state index contributed by atoms with van der Waals surface area (Å²) in [7, 11) is 3.10. The van der Waals surface area contributed by atoms with Crippen molar-refractivity contribution in [3.63, 3.8) is 0 Å². The monoisotopic (exact) mass is 256 g/mol. The Morgan fingerprint density at radius 3 is 2.59 bits per heavy atom. The Kier molecular flexibility index (Phi) is 5.48. The minimum atomic E-state index is -0.272. The van der Waals surface area contributed by atoms with E-state index in [0.29, 0.717) is 29.5 Å². The summed E-state index contributed by atoms with van der Waals surface area (Å²) in [6, 6.07) is 4.89. The van der Waals surface area contributed by atoms with Crippen molar-refractivity contribution < 1.29 is 14.3 Å². The van der Waals surface area contributed by atoms with Gasteiger partial charge in [-0.3, -0.25) is 0 Å². The van der Waals surface area contributed by atoms with Crippen LogP contribution in [0.5, 0.6) is 11.5 Å². The summed E-state index contributed by atoms with van der Waals surface area (Å²) in [5, 5.41) is 5.33. The largest absolute Gasteiger partial charge is 0.493 e. The lowest BCUT2D eigenvalue weighted by molar-refractivity contribution is 0.252. The van der Waals surface area contributed by atoms with Crippen molar-refractivity contribution in [2.24, 2.45) is 0 Å². The number of carbonyl (C=O) groups is 1. The van der Waals surface area contributed by atoms with E-state index in [9.17, 15) is 4.79 Å². The lowest BCUT2D eigenvalue weighted by Gasteiger charge is -2.10. The third-order valence-electron chi connectivity index (χ3n) is 2.04. The zero-order valence-corrected chi connectivity index (χ0v) is 10.7. The normalized spacial score (nSPS) is 9.59. The van der Waals surface area contributed by atoms with Crippen molar-refractivity contribution in [1.29, 1.82) is 0 Å². The first-order chi connectivity index (χ1) is 8.21. The van der Waals surface area contributed by atoms with Gasteiger partial charge < -0.3 is 20.1 Å². The maximum Gasteiger partial charge on any atom is 0.319 e. The van der Waals surface area contributed by atoms with Crippen LogP contribution in [0.1, 0.15) is 0 Å². The van der Waals surface area contributed by atoms with E-state index in [1.807, 2.05) is 0 Å². The first-order valence-electron chi connectivity index (χ1n) is 5.09. The summed E-state index contributed by atoms with van der Waals surface area (Å²) in [6.07, 6.45) is 0. The number of benzene rings is 1. The molecule has 2 amide bonds. The Morgan fingerprint density at radius 2 is 2.00 bits per heavy atom. The molecule has 0 radical (unpaired) electrons. The van der Waals surface area contributed by atoms with Gasteiger partial charge in [0, 0.05) is 24.1 Å². The van der Waals surface area contributed by atoms with Gasteiger partial charge in [0.1, 0.15) is 0 Å². The van der Waals surface area contributed by atoms with Crippen molar-refractivity contribution in [3.8, 4) is 11.5 Å². The molecular formula is C11H16N2O3S. The number of nitrogens with one attached hydrogen (secondary N) is 2. The molecule has 0 aromatic heterocycles. The Labute approximate surface area is 106 Å². The number of methoxy groups -OCH3 is 2. The second-order valence-electron chi connectivity index (χ2n) is 3.17. The molecule has 2 N–H and O–H groups in total. The highest BCUT2D eigenvalue weighted by atomic mass is 32.1. The van der Waals surface area contributed by atoms with Gasteiger partial charge in [0.15, 0.2) is 11.5 Å². The maximum atomic E-state index is 11.4. The summed E-state index contributed by atoms with van der Waals surface area (Å²) in [4.78, 5) is 11.4. The number of urea groups is 1. The molecule has 0 saturated carbocycles. The Bertz CT molecular complexity index is 385. The molecule has 1 rings (SSSR count). The van der Waals surface area contributed by atoms with Crippen molar-refractivity contribution in [1.82, 2.24) is 5.32 Å². The molecule has 6 heteroatoms. The van der Waals surface area contributed by atoms with Gasteiger partial charge in [-0.1, -0.05) is 0 Å². The number of amides is 2. The van der Waals surface area contributed by atoms with E-state index < -0.39 is 0 Å². The molecule has 94 valence electrons. The van der Waals surface area contributed by atoms with Gasteiger partial charge in [-0.25, -0.2) is 4.79 Å². The highest BCUT2D eigenvalue weighted by Gasteiger charge is 2.06. The van der Waals surface area contributed by atoms with E-state index in [4.69, 9.17) is 9.47 Å². The smallest absolute Gasteiger partial charge is 0.319 e. The van der Waals surface area contributed by atoms with Crippen molar-refractivity contribution in [2.45, 2.75) is 0 Å². The first kappa shape index (κ1) is 13.5. The van der Waals surface area contributed by atoms with Gasteiger partial charge in [-0.15, -0.1) is 0 Å². The minimum absolute atomic E-state index is 0.272. The first-order valence-corrected chi connectivity index (χ1v) is 5.72. The van der Waals surface area contributed by atoms with E-state index in [0.717, 1.165) is 0 Å². The number of anilines is 1. The third kappa shape index (κ3) is 4.07. The highest BCUT2D eigenvalue weighted by molar-refractivity contribution is 7.80. The van der Waals surface area contributed by atoms with Crippen LogP contribution in [0.4, 0.5) is 10.5 Å². The zero-order chi connectivity index (χ0) is 12.7. The SMILES string of the molecule is COc1ccc(NC(=O)NCCS)cc1OC. The highest BCUT2D eigenvalue weighted by Crippen LogP contribution is 2.29. The molecule has 0 heterocycles. The fourth-order valence-corrected chi connectivity index (χ4v) is 1.37.